The van der Waals surface area contributed by atoms with Crippen molar-refractivity contribution in [1.29, 1.82) is 0 Å². The first-order valence-corrected chi connectivity index (χ1v) is 9.43. The van der Waals surface area contributed by atoms with Gasteiger partial charge in [0.15, 0.2) is 5.78 Å². The zero-order valence-corrected chi connectivity index (χ0v) is 17.4. The number of hydrogen-bond donors (Lipinski definition) is 0. The fraction of sp³-hybridized carbons (Fsp3) is 0.261. The fourth-order valence-corrected chi connectivity index (χ4v) is 3.63. The standard InChI is InChI=1S/C23H24N2O5/c1-24-13-16(9-10-22(27)29-3)17(18(14-24)23(28)30-4)12-21(26)20-11-15-7-5-6-8-19(15)25(20)2/h5-11,13-14,17H,12H2,1-4H3/b10-9+. The smallest absolute Gasteiger partial charge is 0.335 e. The van der Waals surface area contributed by atoms with Crippen molar-refractivity contribution in [3.63, 3.8) is 0 Å². The van der Waals surface area contributed by atoms with Gasteiger partial charge in [-0.15, -0.1) is 0 Å². The molecule has 2 aromatic rings. The van der Waals surface area contributed by atoms with Gasteiger partial charge in [-0.2, -0.15) is 0 Å². The van der Waals surface area contributed by atoms with Crippen molar-refractivity contribution in [3.05, 3.63) is 71.7 Å². The number of Topliss-reactive ketones (excluding diaryl/α,β-unsaturated/α-hetero) is 1. The summed E-state index contributed by atoms with van der Waals surface area (Å²) in [5.74, 6) is -1.71. The molecule has 1 unspecified atom stereocenters. The number of rotatable bonds is 6. The van der Waals surface area contributed by atoms with Gasteiger partial charge in [-0.1, -0.05) is 18.2 Å². The molecule has 1 aliphatic heterocycles. The number of para-hydroxylation sites is 1. The summed E-state index contributed by atoms with van der Waals surface area (Å²) >= 11 is 0. The minimum Gasteiger partial charge on any atom is -0.466 e. The molecule has 1 atom stereocenters. The van der Waals surface area contributed by atoms with Gasteiger partial charge in [0.2, 0.25) is 0 Å². The third-order valence-corrected chi connectivity index (χ3v) is 5.13. The van der Waals surface area contributed by atoms with Crippen LogP contribution in [0.15, 0.2) is 66.0 Å². The van der Waals surface area contributed by atoms with Crippen molar-refractivity contribution in [2.45, 2.75) is 6.42 Å². The number of esters is 2. The maximum absolute atomic E-state index is 13.2. The molecule has 1 aromatic heterocycles. The number of allylic oxidation sites excluding steroid dienone is 2. The number of benzene rings is 1. The lowest BCUT2D eigenvalue weighted by Gasteiger charge is -2.27. The Morgan fingerprint density at radius 1 is 1.07 bits per heavy atom. The van der Waals surface area contributed by atoms with E-state index in [9.17, 15) is 14.4 Å². The van der Waals surface area contributed by atoms with E-state index >= 15 is 0 Å². The van der Waals surface area contributed by atoms with Gasteiger partial charge >= 0.3 is 11.9 Å². The number of aryl methyl sites for hydroxylation is 1. The molecular formula is C23H24N2O5. The lowest BCUT2D eigenvalue weighted by Crippen LogP contribution is -2.26. The molecule has 0 saturated carbocycles. The maximum atomic E-state index is 13.2. The van der Waals surface area contributed by atoms with Crippen molar-refractivity contribution in [2.24, 2.45) is 13.0 Å². The SMILES string of the molecule is COC(=O)/C=C/C1=CN(C)C=C(C(=O)OC)C1CC(=O)c1cc2ccccc2n1C. The third kappa shape index (κ3) is 4.20. The Labute approximate surface area is 174 Å². The van der Waals surface area contributed by atoms with Crippen molar-refractivity contribution >= 4 is 28.6 Å². The Hall–Kier alpha value is -3.61. The summed E-state index contributed by atoms with van der Waals surface area (Å²) in [6.07, 6.45) is 6.30. The highest BCUT2D eigenvalue weighted by molar-refractivity contribution is 6.01. The molecule has 0 fully saturated rings. The van der Waals surface area contributed by atoms with Crippen molar-refractivity contribution in [1.82, 2.24) is 9.47 Å². The van der Waals surface area contributed by atoms with Crippen LogP contribution >= 0.6 is 0 Å². The average molecular weight is 408 g/mol. The normalized spacial score (nSPS) is 16.4. The lowest BCUT2D eigenvalue weighted by atomic mass is 9.84. The number of nitrogens with zero attached hydrogens (tertiary/aromatic N) is 2. The van der Waals surface area contributed by atoms with Gasteiger partial charge in [-0.3, -0.25) is 4.79 Å². The predicted octanol–water partition coefficient (Wildman–Crippen LogP) is 2.98. The van der Waals surface area contributed by atoms with E-state index in [4.69, 9.17) is 4.74 Å². The number of carbonyl (C=O) groups is 3. The second kappa shape index (κ2) is 8.82. The summed E-state index contributed by atoms with van der Waals surface area (Å²) in [6, 6.07) is 9.59. The summed E-state index contributed by atoms with van der Waals surface area (Å²) in [4.78, 5) is 38.9. The van der Waals surface area contributed by atoms with Crippen LogP contribution in [0.5, 0.6) is 0 Å². The van der Waals surface area contributed by atoms with E-state index in [1.165, 1.54) is 20.3 Å². The molecule has 0 N–H and O–H groups in total. The van der Waals surface area contributed by atoms with Crippen molar-refractivity contribution in [2.75, 3.05) is 21.3 Å². The molecule has 30 heavy (non-hydrogen) atoms. The number of aromatic nitrogens is 1. The minimum absolute atomic E-state index is 0.0519. The van der Waals surface area contributed by atoms with Gasteiger partial charge in [0, 0.05) is 55.8 Å². The quantitative estimate of drug-likeness (QED) is 0.415. The van der Waals surface area contributed by atoms with E-state index in [0.29, 0.717) is 16.8 Å². The van der Waals surface area contributed by atoms with Crippen LogP contribution < -0.4 is 0 Å². The number of carbonyl (C=O) groups excluding carboxylic acids is 3. The van der Waals surface area contributed by atoms with Crippen LogP contribution in [0.1, 0.15) is 16.9 Å². The first kappa shape index (κ1) is 21.1. The van der Waals surface area contributed by atoms with Gasteiger partial charge in [-0.25, -0.2) is 9.59 Å². The number of hydrogen-bond acceptors (Lipinski definition) is 6. The highest BCUT2D eigenvalue weighted by atomic mass is 16.5. The Morgan fingerprint density at radius 3 is 2.47 bits per heavy atom. The fourth-order valence-electron chi connectivity index (χ4n) is 3.63. The number of methoxy groups -OCH3 is 2. The molecule has 0 aliphatic carbocycles. The lowest BCUT2D eigenvalue weighted by molar-refractivity contribution is -0.137. The molecule has 1 aromatic carbocycles. The zero-order chi connectivity index (χ0) is 21.8. The Bertz CT molecular complexity index is 1090. The summed E-state index contributed by atoms with van der Waals surface area (Å²) in [5.41, 5.74) is 2.49. The summed E-state index contributed by atoms with van der Waals surface area (Å²) in [6.45, 7) is 0. The molecule has 2 heterocycles. The first-order valence-electron chi connectivity index (χ1n) is 9.43. The largest absolute Gasteiger partial charge is 0.466 e. The number of ether oxygens (including phenoxy) is 2. The molecule has 1 aliphatic rings. The van der Waals surface area contributed by atoms with Crippen LogP contribution in [-0.2, 0) is 26.1 Å². The van der Waals surface area contributed by atoms with Crippen LogP contribution in [0.3, 0.4) is 0 Å². The molecule has 0 amide bonds. The van der Waals surface area contributed by atoms with E-state index < -0.39 is 17.9 Å². The summed E-state index contributed by atoms with van der Waals surface area (Å²) < 4.78 is 11.4. The molecular weight excluding hydrogens is 384 g/mol. The van der Waals surface area contributed by atoms with Gasteiger partial charge in [-0.05, 0) is 23.8 Å². The average Bonchev–Trinajstić information content (AvgIpc) is 3.09. The first-order chi connectivity index (χ1) is 14.3. The minimum atomic E-state index is -0.555. The van der Waals surface area contributed by atoms with E-state index in [2.05, 4.69) is 4.74 Å². The monoisotopic (exact) mass is 408 g/mol. The van der Waals surface area contributed by atoms with Crippen molar-refractivity contribution in [3.8, 4) is 0 Å². The molecule has 0 bridgehead atoms. The molecule has 0 radical (unpaired) electrons. The van der Waals surface area contributed by atoms with Crippen LogP contribution in [0, 0.1) is 5.92 Å². The van der Waals surface area contributed by atoms with E-state index in [1.807, 2.05) is 41.9 Å². The van der Waals surface area contributed by atoms with E-state index in [1.54, 1.807) is 30.4 Å². The highest BCUT2D eigenvalue weighted by Gasteiger charge is 2.31. The van der Waals surface area contributed by atoms with Gasteiger partial charge < -0.3 is 18.9 Å². The van der Waals surface area contributed by atoms with Crippen LogP contribution in [0.2, 0.25) is 0 Å². The van der Waals surface area contributed by atoms with E-state index in [-0.39, 0.29) is 12.2 Å². The van der Waals surface area contributed by atoms with Crippen LogP contribution in [-0.4, -0.2) is 48.5 Å². The molecule has 156 valence electrons. The molecule has 3 rings (SSSR count). The predicted molar refractivity (Wildman–Crippen MR) is 112 cm³/mol. The Morgan fingerprint density at radius 2 is 1.80 bits per heavy atom. The number of ketones is 1. The van der Waals surface area contributed by atoms with Gasteiger partial charge in [0.05, 0.1) is 25.5 Å². The summed E-state index contributed by atoms with van der Waals surface area (Å²) in [5, 5.41) is 0.969. The number of fused-ring (bicyclic) bond motifs is 1. The van der Waals surface area contributed by atoms with Crippen LogP contribution in [0.4, 0.5) is 0 Å². The maximum Gasteiger partial charge on any atom is 0.335 e. The van der Waals surface area contributed by atoms with Gasteiger partial charge in [0.25, 0.3) is 0 Å². The van der Waals surface area contributed by atoms with E-state index in [0.717, 1.165) is 10.9 Å². The second-order valence-electron chi connectivity index (χ2n) is 7.05. The van der Waals surface area contributed by atoms with Crippen LogP contribution in [0.25, 0.3) is 10.9 Å². The summed E-state index contributed by atoms with van der Waals surface area (Å²) in [7, 11) is 6.19. The third-order valence-electron chi connectivity index (χ3n) is 5.13. The zero-order valence-electron chi connectivity index (χ0n) is 17.4. The topological polar surface area (TPSA) is 77.8 Å². The highest BCUT2D eigenvalue weighted by Crippen LogP contribution is 2.32. The molecule has 0 saturated heterocycles. The Kier molecular flexibility index (Phi) is 6.20. The molecule has 0 spiro atoms. The van der Waals surface area contributed by atoms with Crippen molar-refractivity contribution < 1.29 is 23.9 Å². The Balaban J connectivity index is 1.97. The van der Waals surface area contributed by atoms with Gasteiger partial charge in [0.1, 0.15) is 0 Å². The molecule has 7 nitrogen and oxygen atoms in total. The molecule has 7 heteroatoms. The second-order valence-corrected chi connectivity index (χ2v) is 7.05.